The quantitative estimate of drug-likeness (QED) is 0.640. The van der Waals surface area contributed by atoms with Gasteiger partial charge in [0.15, 0.2) is 0 Å². The largest absolute Gasteiger partial charge is 0.475 e. The Morgan fingerprint density at radius 3 is 2.77 bits per heavy atom. The molecule has 0 bridgehead atoms. The van der Waals surface area contributed by atoms with Gasteiger partial charge in [-0.1, -0.05) is 6.07 Å². The van der Waals surface area contributed by atoms with Gasteiger partial charge in [0.1, 0.15) is 5.75 Å². The molecule has 0 N–H and O–H groups in total. The molecule has 0 atom stereocenters. The summed E-state index contributed by atoms with van der Waals surface area (Å²) in [6.07, 6.45) is 2.07. The second kappa shape index (κ2) is 5.55. The van der Waals surface area contributed by atoms with Crippen molar-refractivity contribution in [1.82, 2.24) is 4.98 Å². The molecule has 0 aliphatic heterocycles. The normalized spacial score (nSPS) is 16.1. The predicted molar refractivity (Wildman–Crippen MR) is 80.3 cm³/mol. The van der Waals surface area contributed by atoms with Gasteiger partial charge in [-0.05, 0) is 50.8 Å². The zero-order valence-corrected chi connectivity index (χ0v) is 12.7. The highest BCUT2D eigenvalue weighted by molar-refractivity contribution is 5.87. The number of benzene rings is 1. The van der Waals surface area contributed by atoms with Crippen LogP contribution in [0.15, 0.2) is 24.3 Å². The molecule has 0 spiro atoms. The number of carbonyl (C=O) groups excluding carboxylic acids is 1. The second-order valence-electron chi connectivity index (χ2n) is 5.63. The number of carbonyl (C=O) groups is 1. The molecule has 4 nitrogen and oxygen atoms in total. The standard InChI is InChI=1S/C17H18FNO3/c1-3-21-16(20)17(7-4-8-17)22-14-10-15(18)19-13-9-11(2)5-6-12(13)14/h5-6,9-10H,3-4,7-8H2,1-2H3. The van der Waals surface area contributed by atoms with Crippen LogP contribution in [0.4, 0.5) is 4.39 Å². The third kappa shape index (κ3) is 2.51. The van der Waals surface area contributed by atoms with Crippen molar-refractivity contribution in [2.24, 2.45) is 0 Å². The molecule has 1 saturated carbocycles. The third-order valence-corrected chi connectivity index (χ3v) is 4.01. The van der Waals surface area contributed by atoms with Crippen LogP contribution in [0.1, 0.15) is 31.7 Å². The number of hydrogen-bond donors (Lipinski definition) is 0. The SMILES string of the molecule is CCOC(=O)C1(Oc2cc(F)nc3cc(C)ccc23)CCC1. The Kier molecular flexibility index (Phi) is 3.72. The van der Waals surface area contributed by atoms with E-state index < -0.39 is 11.5 Å². The lowest BCUT2D eigenvalue weighted by Crippen LogP contribution is -2.51. The fourth-order valence-electron chi connectivity index (χ4n) is 2.68. The van der Waals surface area contributed by atoms with Gasteiger partial charge in [0.05, 0.1) is 12.1 Å². The Balaban J connectivity index is 2.01. The van der Waals surface area contributed by atoms with Crippen molar-refractivity contribution in [3.8, 4) is 5.75 Å². The van der Waals surface area contributed by atoms with Crippen LogP contribution in [0.3, 0.4) is 0 Å². The van der Waals surface area contributed by atoms with Crippen LogP contribution in [-0.2, 0) is 9.53 Å². The first kappa shape index (κ1) is 14.8. The first-order chi connectivity index (χ1) is 10.5. The Labute approximate surface area is 128 Å². The summed E-state index contributed by atoms with van der Waals surface area (Å²) in [4.78, 5) is 16.1. The van der Waals surface area contributed by atoms with Gasteiger partial charge in [-0.15, -0.1) is 0 Å². The van der Waals surface area contributed by atoms with Crippen LogP contribution in [0.2, 0.25) is 0 Å². The molecule has 3 rings (SSSR count). The summed E-state index contributed by atoms with van der Waals surface area (Å²) in [7, 11) is 0. The molecule has 0 amide bonds. The number of pyridine rings is 1. The highest BCUT2D eigenvalue weighted by atomic mass is 19.1. The van der Waals surface area contributed by atoms with Gasteiger partial charge in [-0.2, -0.15) is 4.39 Å². The number of hydrogen-bond acceptors (Lipinski definition) is 4. The average Bonchev–Trinajstić information content (AvgIpc) is 2.42. The van der Waals surface area contributed by atoms with Crippen LogP contribution < -0.4 is 4.74 Å². The fourth-order valence-corrected chi connectivity index (χ4v) is 2.68. The number of ether oxygens (including phenoxy) is 2. The number of aromatic nitrogens is 1. The predicted octanol–water partition coefficient (Wildman–Crippen LogP) is 3.55. The van der Waals surface area contributed by atoms with E-state index in [9.17, 15) is 9.18 Å². The number of halogens is 1. The monoisotopic (exact) mass is 303 g/mol. The molecule has 22 heavy (non-hydrogen) atoms. The van der Waals surface area contributed by atoms with E-state index in [1.807, 2.05) is 19.1 Å². The maximum atomic E-state index is 13.8. The summed E-state index contributed by atoms with van der Waals surface area (Å²) in [6, 6.07) is 6.77. The molecule has 1 aromatic carbocycles. The van der Waals surface area contributed by atoms with E-state index in [0.29, 0.717) is 36.1 Å². The van der Waals surface area contributed by atoms with Crippen LogP contribution in [0.25, 0.3) is 10.9 Å². The van der Waals surface area contributed by atoms with Crippen LogP contribution in [0.5, 0.6) is 5.75 Å². The van der Waals surface area contributed by atoms with E-state index in [-0.39, 0.29) is 5.97 Å². The van der Waals surface area contributed by atoms with Gasteiger partial charge in [0.25, 0.3) is 0 Å². The van der Waals surface area contributed by atoms with Gasteiger partial charge in [0, 0.05) is 11.5 Å². The van der Waals surface area contributed by atoms with Crippen molar-refractivity contribution < 1.29 is 18.7 Å². The van der Waals surface area contributed by atoms with Crippen molar-refractivity contribution in [3.63, 3.8) is 0 Å². The lowest BCUT2D eigenvalue weighted by molar-refractivity contribution is -0.169. The second-order valence-corrected chi connectivity index (χ2v) is 5.63. The lowest BCUT2D eigenvalue weighted by Gasteiger charge is -2.39. The van der Waals surface area contributed by atoms with E-state index >= 15 is 0 Å². The van der Waals surface area contributed by atoms with Crippen molar-refractivity contribution in [3.05, 3.63) is 35.8 Å². The fraction of sp³-hybridized carbons (Fsp3) is 0.412. The highest BCUT2D eigenvalue weighted by Crippen LogP contribution is 2.40. The van der Waals surface area contributed by atoms with E-state index in [4.69, 9.17) is 9.47 Å². The smallest absolute Gasteiger partial charge is 0.350 e. The molecule has 0 radical (unpaired) electrons. The Hall–Kier alpha value is -2.17. The average molecular weight is 303 g/mol. The third-order valence-electron chi connectivity index (χ3n) is 4.01. The molecule has 1 aliphatic rings. The maximum Gasteiger partial charge on any atom is 0.350 e. The molecule has 1 fully saturated rings. The molecular formula is C17H18FNO3. The molecule has 1 heterocycles. The number of aryl methyl sites for hydroxylation is 1. The maximum absolute atomic E-state index is 13.8. The molecule has 2 aromatic rings. The van der Waals surface area contributed by atoms with Gasteiger partial charge in [0.2, 0.25) is 11.5 Å². The lowest BCUT2D eigenvalue weighted by atomic mass is 9.80. The minimum atomic E-state index is -0.985. The highest BCUT2D eigenvalue weighted by Gasteiger charge is 2.48. The first-order valence-corrected chi connectivity index (χ1v) is 7.47. The zero-order valence-electron chi connectivity index (χ0n) is 12.7. The molecule has 1 aromatic heterocycles. The summed E-state index contributed by atoms with van der Waals surface area (Å²) in [5.74, 6) is -0.652. The van der Waals surface area contributed by atoms with E-state index in [2.05, 4.69) is 4.98 Å². The van der Waals surface area contributed by atoms with Crippen LogP contribution in [0, 0.1) is 12.9 Å². The number of nitrogens with zero attached hydrogens (tertiary/aromatic N) is 1. The zero-order chi connectivity index (χ0) is 15.7. The number of esters is 1. The summed E-state index contributed by atoms with van der Waals surface area (Å²) < 4.78 is 24.8. The van der Waals surface area contributed by atoms with Crippen molar-refractivity contribution in [1.29, 1.82) is 0 Å². The topological polar surface area (TPSA) is 48.4 Å². The van der Waals surface area contributed by atoms with E-state index in [0.717, 1.165) is 12.0 Å². The summed E-state index contributed by atoms with van der Waals surface area (Å²) in [6.45, 7) is 3.97. The molecule has 0 unspecified atom stereocenters. The molecule has 0 saturated heterocycles. The van der Waals surface area contributed by atoms with Crippen LogP contribution in [-0.4, -0.2) is 23.2 Å². The molecule has 116 valence electrons. The van der Waals surface area contributed by atoms with E-state index in [1.54, 1.807) is 13.0 Å². The number of rotatable bonds is 4. The minimum absolute atomic E-state index is 0.300. The van der Waals surface area contributed by atoms with Gasteiger partial charge >= 0.3 is 5.97 Å². The molecular weight excluding hydrogens is 285 g/mol. The first-order valence-electron chi connectivity index (χ1n) is 7.47. The van der Waals surface area contributed by atoms with Crippen LogP contribution >= 0.6 is 0 Å². The summed E-state index contributed by atoms with van der Waals surface area (Å²) in [5.41, 5.74) is 0.523. The Bertz CT molecular complexity index is 720. The van der Waals surface area contributed by atoms with E-state index in [1.165, 1.54) is 6.07 Å². The van der Waals surface area contributed by atoms with Gasteiger partial charge in [-0.3, -0.25) is 0 Å². The molecule has 5 heteroatoms. The van der Waals surface area contributed by atoms with Gasteiger partial charge < -0.3 is 9.47 Å². The van der Waals surface area contributed by atoms with Crippen molar-refractivity contribution in [2.45, 2.75) is 38.7 Å². The summed E-state index contributed by atoms with van der Waals surface area (Å²) >= 11 is 0. The van der Waals surface area contributed by atoms with Gasteiger partial charge in [-0.25, -0.2) is 9.78 Å². The Morgan fingerprint density at radius 2 is 2.14 bits per heavy atom. The molecule has 1 aliphatic carbocycles. The minimum Gasteiger partial charge on any atom is -0.475 e. The Morgan fingerprint density at radius 1 is 1.36 bits per heavy atom. The number of fused-ring (bicyclic) bond motifs is 1. The summed E-state index contributed by atoms with van der Waals surface area (Å²) in [5, 5.41) is 0.697. The van der Waals surface area contributed by atoms with Crippen molar-refractivity contribution >= 4 is 16.9 Å². The van der Waals surface area contributed by atoms with Crippen molar-refractivity contribution in [2.75, 3.05) is 6.61 Å².